The minimum atomic E-state index is -0.131. The maximum Gasteiger partial charge on any atom is 0.231 e. The van der Waals surface area contributed by atoms with Gasteiger partial charge >= 0.3 is 0 Å². The Hall–Kier alpha value is -1.31. The van der Waals surface area contributed by atoms with Gasteiger partial charge in [-0.25, -0.2) is 0 Å². The fourth-order valence-corrected chi connectivity index (χ4v) is 2.90. The van der Waals surface area contributed by atoms with Crippen LogP contribution in [0, 0.1) is 5.41 Å². The van der Waals surface area contributed by atoms with Gasteiger partial charge in [-0.1, -0.05) is 45.0 Å². The van der Waals surface area contributed by atoms with Crippen LogP contribution in [-0.2, 0) is 11.3 Å². The molecule has 0 saturated heterocycles. The van der Waals surface area contributed by atoms with Gasteiger partial charge in [0.15, 0.2) is 0 Å². The van der Waals surface area contributed by atoms with Gasteiger partial charge in [-0.15, -0.1) is 0 Å². The SMILES string of the molecule is CC(C)(C)C1C(=O)N(C(C)(C)C)Cc2ccccc21. The van der Waals surface area contributed by atoms with Gasteiger partial charge in [0.2, 0.25) is 5.91 Å². The van der Waals surface area contributed by atoms with E-state index in [0.29, 0.717) is 0 Å². The lowest BCUT2D eigenvalue weighted by molar-refractivity contribution is -0.142. The van der Waals surface area contributed by atoms with Gasteiger partial charge < -0.3 is 4.90 Å². The quantitative estimate of drug-likeness (QED) is 0.690. The molecular weight excluding hydrogens is 234 g/mol. The van der Waals surface area contributed by atoms with Crippen molar-refractivity contribution in [3.05, 3.63) is 35.4 Å². The predicted molar refractivity (Wildman–Crippen MR) is 78.9 cm³/mol. The first-order valence-electron chi connectivity index (χ1n) is 7.01. The van der Waals surface area contributed by atoms with Crippen LogP contribution in [0.15, 0.2) is 24.3 Å². The second-order valence-corrected chi connectivity index (χ2v) is 7.59. The zero-order chi connectivity index (χ0) is 14.4. The molecule has 2 rings (SSSR count). The van der Waals surface area contributed by atoms with E-state index in [1.165, 1.54) is 11.1 Å². The summed E-state index contributed by atoms with van der Waals surface area (Å²) in [6, 6.07) is 8.37. The van der Waals surface area contributed by atoms with Gasteiger partial charge in [0.1, 0.15) is 0 Å². The highest BCUT2D eigenvalue weighted by Gasteiger charge is 2.43. The van der Waals surface area contributed by atoms with Crippen LogP contribution in [0.2, 0.25) is 0 Å². The molecule has 19 heavy (non-hydrogen) atoms. The third-order valence-electron chi connectivity index (χ3n) is 3.88. The van der Waals surface area contributed by atoms with Gasteiger partial charge in [0.25, 0.3) is 0 Å². The number of carbonyl (C=O) groups is 1. The summed E-state index contributed by atoms with van der Waals surface area (Å²) < 4.78 is 0. The number of hydrogen-bond donors (Lipinski definition) is 0. The summed E-state index contributed by atoms with van der Waals surface area (Å²) in [7, 11) is 0. The van der Waals surface area contributed by atoms with E-state index in [1.54, 1.807) is 0 Å². The molecule has 1 aliphatic rings. The first kappa shape index (κ1) is 14.1. The molecule has 0 fully saturated rings. The number of carbonyl (C=O) groups excluding carboxylic acids is 1. The van der Waals surface area contributed by atoms with Crippen molar-refractivity contribution in [1.29, 1.82) is 0 Å². The van der Waals surface area contributed by atoms with E-state index in [2.05, 4.69) is 59.7 Å². The highest BCUT2D eigenvalue weighted by atomic mass is 16.2. The van der Waals surface area contributed by atoms with E-state index in [0.717, 1.165) is 6.54 Å². The lowest BCUT2D eigenvalue weighted by Crippen LogP contribution is -2.52. The van der Waals surface area contributed by atoms with Gasteiger partial charge in [-0.3, -0.25) is 4.79 Å². The molecule has 0 bridgehead atoms. The molecule has 1 aromatic rings. The van der Waals surface area contributed by atoms with Crippen LogP contribution in [-0.4, -0.2) is 16.3 Å². The maximum atomic E-state index is 12.9. The molecule has 0 radical (unpaired) electrons. The van der Waals surface area contributed by atoms with Crippen LogP contribution in [0.1, 0.15) is 58.6 Å². The van der Waals surface area contributed by atoms with Crippen LogP contribution in [0.5, 0.6) is 0 Å². The fraction of sp³-hybridized carbons (Fsp3) is 0.588. The van der Waals surface area contributed by atoms with Crippen LogP contribution >= 0.6 is 0 Å². The number of nitrogens with zero attached hydrogens (tertiary/aromatic N) is 1. The van der Waals surface area contributed by atoms with E-state index in [9.17, 15) is 4.79 Å². The van der Waals surface area contributed by atoms with Crippen LogP contribution in [0.4, 0.5) is 0 Å². The molecule has 2 nitrogen and oxygen atoms in total. The molecule has 104 valence electrons. The lowest BCUT2D eigenvalue weighted by atomic mass is 9.72. The zero-order valence-corrected chi connectivity index (χ0v) is 12.9. The van der Waals surface area contributed by atoms with Gasteiger partial charge in [-0.2, -0.15) is 0 Å². The van der Waals surface area contributed by atoms with Crippen LogP contribution in [0.3, 0.4) is 0 Å². The Bertz CT molecular complexity index is 491. The summed E-state index contributed by atoms with van der Waals surface area (Å²) in [5, 5.41) is 0. The topological polar surface area (TPSA) is 20.3 Å². The fourth-order valence-electron chi connectivity index (χ4n) is 2.90. The largest absolute Gasteiger partial charge is 0.333 e. The van der Waals surface area contributed by atoms with E-state index in [-0.39, 0.29) is 22.8 Å². The normalized spacial score (nSPS) is 20.4. The van der Waals surface area contributed by atoms with Gasteiger partial charge in [0.05, 0.1) is 5.92 Å². The molecule has 2 heteroatoms. The number of rotatable bonds is 0. The van der Waals surface area contributed by atoms with Crippen molar-refractivity contribution in [2.45, 2.75) is 59.5 Å². The highest BCUT2D eigenvalue weighted by Crippen LogP contribution is 2.43. The van der Waals surface area contributed by atoms with Crippen molar-refractivity contribution >= 4 is 5.91 Å². The van der Waals surface area contributed by atoms with Crippen molar-refractivity contribution in [1.82, 2.24) is 4.90 Å². The van der Waals surface area contributed by atoms with E-state index < -0.39 is 0 Å². The third kappa shape index (κ3) is 2.54. The summed E-state index contributed by atoms with van der Waals surface area (Å²) >= 11 is 0. The first-order chi connectivity index (χ1) is 8.62. The molecule has 1 aromatic carbocycles. The molecule has 0 spiro atoms. The summed E-state index contributed by atoms with van der Waals surface area (Å²) in [5.74, 6) is 0.218. The number of hydrogen-bond acceptors (Lipinski definition) is 1. The molecule has 0 saturated carbocycles. The third-order valence-corrected chi connectivity index (χ3v) is 3.88. The second kappa shape index (κ2) is 4.36. The predicted octanol–water partition coefficient (Wildman–Crippen LogP) is 3.96. The lowest BCUT2D eigenvalue weighted by Gasteiger charge is -2.45. The van der Waals surface area contributed by atoms with Crippen molar-refractivity contribution in [2.75, 3.05) is 0 Å². The summed E-state index contributed by atoms with van der Waals surface area (Å²) in [6.07, 6.45) is 0. The smallest absolute Gasteiger partial charge is 0.231 e. The van der Waals surface area contributed by atoms with Crippen molar-refractivity contribution in [3.63, 3.8) is 0 Å². The molecule has 1 amide bonds. The minimum Gasteiger partial charge on any atom is -0.333 e. The number of amides is 1. The summed E-state index contributed by atoms with van der Waals surface area (Å²) in [4.78, 5) is 14.9. The van der Waals surface area contributed by atoms with Crippen molar-refractivity contribution in [2.24, 2.45) is 5.41 Å². The monoisotopic (exact) mass is 259 g/mol. The highest BCUT2D eigenvalue weighted by molar-refractivity contribution is 5.87. The average Bonchev–Trinajstić information content (AvgIpc) is 2.24. The molecule has 1 atom stereocenters. The number of fused-ring (bicyclic) bond motifs is 1. The van der Waals surface area contributed by atoms with Crippen LogP contribution < -0.4 is 0 Å². The summed E-state index contributed by atoms with van der Waals surface area (Å²) in [5.41, 5.74) is 2.31. The molecule has 1 unspecified atom stereocenters. The molecule has 1 heterocycles. The van der Waals surface area contributed by atoms with E-state index >= 15 is 0 Å². The van der Waals surface area contributed by atoms with Gasteiger partial charge in [-0.05, 0) is 37.3 Å². The Morgan fingerprint density at radius 2 is 1.63 bits per heavy atom. The zero-order valence-electron chi connectivity index (χ0n) is 12.9. The molecule has 0 N–H and O–H groups in total. The van der Waals surface area contributed by atoms with Crippen molar-refractivity contribution < 1.29 is 4.79 Å². The van der Waals surface area contributed by atoms with Crippen molar-refractivity contribution in [3.8, 4) is 0 Å². The first-order valence-corrected chi connectivity index (χ1v) is 7.01. The molecule has 1 aliphatic heterocycles. The standard InChI is InChI=1S/C17H25NO/c1-16(2,3)14-13-10-8-7-9-12(13)11-18(15(14)19)17(4,5)6/h7-10,14H,11H2,1-6H3. The van der Waals surface area contributed by atoms with E-state index in [1.807, 2.05) is 11.0 Å². The molecule has 0 aliphatic carbocycles. The van der Waals surface area contributed by atoms with E-state index in [4.69, 9.17) is 0 Å². The van der Waals surface area contributed by atoms with Gasteiger partial charge in [0, 0.05) is 12.1 Å². The minimum absolute atomic E-state index is 0.0447. The van der Waals surface area contributed by atoms with Crippen LogP contribution in [0.25, 0.3) is 0 Å². The molecule has 0 aromatic heterocycles. The number of benzene rings is 1. The summed E-state index contributed by atoms with van der Waals surface area (Å²) in [6.45, 7) is 13.5. The maximum absolute atomic E-state index is 12.9. The average molecular weight is 259 g/mol. The Labute approximate surface area is 116 Å². The Morgan fingerprint density at radius 3 is 2.16 bits per heavy atom. The molecular formula is C17H25NO. The Morgan fingerprint density at radius 1 is 1.05 bits per heavy atom. The Kier molecular flexibility index (Phi) is 3.24. The Balaban J connectivity index is 2.56. The second-order valence-electron chi connectivity index (χ2n) is 7.59.